The summed E-state index contributed by atoms with van der Waals surface area (Å²) < 4.78 is 6.90. The molecule has 0 spiro atoms. The van der Waals surface area contributed by atoms with Crippen molar-refractivity contribution in [1.29, 1.82) is 0 Å². The zero-order valence-electron chi connectivity index (χ0n) is 11.9. The SMILES string of the molecule is Cc1cc(OCCC(C)C(C)(C)O)cc(C)c1Br. The third-order valence-corrected chi connectivity index (χ3v) is 4.69. The first-order valence-corrected chi connectivity index (χ1v) is 7.13. The molecule has 102 valence electrons. The van der Waals surface area contributed by atoms with Gasteiger partial charge in [-0.05, 0) is 63.3 Å². The van der Waals surface area contributed by atoms with Gasteiger partial charge in [-0.3, -0.25) is 0 Å². The van der Waals surface area contributed by atoms with Crippen molar-refractivity contribution in [3.05, 3.63) is 27.7 Å². The molecule has 0 fully saturated rings. The molecule has 0 radical (unpaired) electrons. The molecule has 0 aliphatic carbocycles. The summed E-state index contributed by atoms with van der Waals surface area (Å²) in [4.78, 5) is 0. The van der Waals surface area contributed by atoms with E-state index in [0.29, 0.717) is 6.61 Å². The highest BCUT2D eigenvalue weighted by molar-refractivity contribution is 9.10. The Kier molecular flexibility index (Phi) is 5.23. The van der Waals surface area contributed by atoms with E-state index in [1.54, 1.807) is 0 Å². The van der Waals surface area contributed by atoms with Crippen LogP contribution in [0.3, 0.4) is 0 Å². The average Bonchev–Trinajstić information content (AvgIpc) is 2.24. The van der Waals surface area contributed by atoms with Gasteiger partial charge in [-0.15, -0.1) is 0 Å². The minimum Gasteiger partial charge on any atom is -0.494 e. The Hall–Kier alpha value is -0.540. The van der Waals surface area contributed by atoms with Crippen LogP contribution < -0.4 is 4.74 Å². The smallest absolute Gasteiger partial charge is 0.119 e. The first-order valence-electron chi connectivity index (χ1n) is 6.33. The average molecular weight is 315 g/mol. The number of halogens is 1. The number of aryl methyl sites for hydroxylation is 2. The molecule has 1 aromatic rings. The third-order valence-electron chi connectivity index (χ3n) is 3.44. The number of hydrogen-bond donors (Lipinski definition) is 1. The molecule has 0 bridgehead atoms. The second kappa shape index (κ2) is 6.07. The van der Waals surface area contributed by atoms with E-state index in [4.69, 9.17) is 4.74 Å². The molecule has 1 N–H and O–H groups in total. The van der Waals surface area contributed by atoms with Crippen LogP contribution in [0.5, 0.6) is 5.75 Å². The van der Waals surface area contributed by atoms with Crippen molar-refractivity contribution < 1.29 is 9.84 Å². The normalized spacial score (nSPS) is 13.5. The highest BCUT2D eigenvalue weighted by atomic mass is 79.9. The Morgan fingerprint density at radius 3 is 2.22 bits per heavy atom. The summed E-state index contributed by atoms with van der Waals surface area (Å²) in [7, 11) is 0. The molecular formula is C15H23BrO2. The standard InChI is InChI=1S/C15H23BrO2/c1-10-8-13(9-11(2)14(10)16)18-7-6-12(3)15(4,5)17/h8-9,12,17H,6-7H2,1-5H3. The lowest BCUT2D eigenvalue weighted by Crippen LogP contribution is -2.29. The second-order valence-corrected chi connectivity index (χ2v) is 6.36. The van der Waals surface area contributed by atoms with Crippen LogP contribution in [0.2, 0.25) is 0 Å². The Bertz CT molecular complexity index is 384. The summed E-state index contributed by atoms with van der Waals surface area (Å²) in [5, 5.41) is 9.85. The molecule has 0 saturated carbocycles. The van der Waals surface area contributed by atoms with Crippen LogP contribution in [-0.2, 0) is 0 Å². The van der Waals surface area contributed by atoms with Gasteiger partial charge >= 0.3 is 0 Å². The van der Waals surface area contributed by atoms with Crippen LogP contribution in [-0.4, -0.2) is 17.3 Å². The molecule has 0 amide bonds. The maximum Gasteiger partial charge on any atom is 0.119 e. The van der Waals surface area contributed by atoms with Gasteiger partial charge in [-0.2, -0.15) is 0 Å². The van der Waals surface area contributed by atoms with Gasteiger partial charge in [-0.25, -0.2) is 0 Å². The van der Waals surface area contributed by atoms with Gasteiger partial charge in [0, 0.05) is 4.47 Å². The van der Waals surface area contributed by atoms with Crippen LogP contribution in [0, 0.1) is 19.8 Å². The van der Waals surface area contributed by atoms with Crippen LogP contribution in [0.15, 0.2) is 16.6 Å². The van der Waals surface area contributed by atoms with E-state index in [9.17, 15) is 5.11 Å². The molecule has 0 saturated heterocycles. The van der Waals surface area contributed by atoms with E-state index >= 15 is 0 Å². The molecule has 3 heteroatoms. The van der Waals surface area contributed by atoms with Crippen molar-refractivity contribution in [2.24, 2.45) is 5.92 Å². The highest BCUT2D eigenvalue weighted by Crippen LogP contribution is 2.27. The fraction of sp³-hybridized carbons (Fsp3) is 0.600. The largest absolute Gasteiger partial charge is 0.494 e. The van der Waals surface area contributed by atoms with Gasteiger partial charge in [0.25, 0.3) is 0 Å². The molecular weight excluding hydrogens is 292 g/mol. The number of ether oxygens (including phenoxy) is 1. The van der Waals surface area contributed by atoms with E-state index in [0.717, 1.165) is 16.6 Å². The minimum absolute atomic E-state index is 0.218. The molecule has 1 unspecified atom stereocenters. The van der Waals surface area contributed by atoms with Gasteiger partial charge in [0.05, 0.1) is 12.2 Å². The molecule has 1 atom stereocenters. The van der Waals surface area contributed by atoms with Gasteiger partial charge in [0.2, 0.25) is 0 Å². The molecule has 0 aromatic heterocycles. The molecule has 1 rings (SSSR count). The molecule has 0 aliphatic heterocycles. The van der Waals surface area contributed by atoms with E-state index in [1.807, 2.05) is 32.9 Å². The maximum atomic E-state index is 9.85. The first-order chi connectivity index (χ1) is 8.21. The van der Waals surface area contributed by atoms with Gasteiger partial charge < -0.3 is 9.84 Å². The number of hydrogen-bond acceptors (Lipinski definition) is 2. The molecule has 18 heavy (non-hydrogen) atoms. The second-order valence-electron chi connectivity index (χ2n) is 5.56. The number of rotatable bonds is 5. The predicted molar refractivity (Wildman–Crippen MR) is 79.2 cm³/mol. The van der Waals surface area contributed by atoms with E-state index in [-0.39, 0.29) is 5.92 Å². The van der Waals surface area contributed by atoms with Crippen LogP contribution >= 0.6 is 15.9 Å². The fourth-order valence-electron chi connectivity index (χ4n) is 1.70. The lowest BCUT2D eigenvalue weighted by molar-refractivity contribution is 0.0160. The van der Waals surface area contributed by atoms with E-state index in [1.165, 1.54) is 11.1 Å². The van der Waals surface area contributed by atoms with Crippen molar-refractivity contribution in [2.45, 2.75) is 46.6 Å². The molecule has 0 aliphatic rings. The molecule has 1 aromatic carbocycles. The lowest BCUT2D eigenvalue weighted by atomic mass is 9.90. The summed E-state index contributed by atoms with van der Waals surface area (Å²) in [6.07, 6.45) is 0.845. The lowest BCUT2D eigenvalue weighted by Gasteiger charge is -2.25. The van der Waals surface area contributed by atoms with Crippen LogP contribution in [0.4, 0.5) is 0 Å². The Morgan fingerprint density at radius 2 is 1.78 bits per heavy atom. The summed E-state index contributed by atoms with van der Waals surface area (Å²) in [6, 6.07) is 4.07. The minimum atomic E-state index is -0.644. The molecule has 0 heterocycles. The van der Waals surface area contributed by atoms with E-state index in [2.05, 4.69) is 29.8 Å². The summed E-state index contributed by atoms with van der Waals surface area (Å²) >= 11 is 3.54. The fourth-order valence-corrected chi connectivity index (χ4v) is 1.93. The van der Waals surface area contributed by atoms with Crippen molar-refractivity contribution in [1.82, 2.24) is 0 Å². The topological polar surface area (TPSA) is 29.5 Å². The highest BCUT2D eigenvalue weighted by Gasteiger charge is 2.21. The van der Waals surface area contributed by atoms with Crippen LogP contribution in [0.1, 0.15) is 38.3 Å². The zero-order chi connectivity index (χ0) is 13.9. The van der Waals surface area contributed by atoms with Gasteiger partial charge in [-0.1, -0.05) is 22.9 Å². The monoisotopic (exact) mass is 314 g/mol. The van der Waals surface area contributed by atoms with Crippen molar-refractivity contribution >= 4 is 15.9 Å². The Balaban J connectivity index is 2.55. The van der Waals surface area contributed by atoms with Gasteiger partial charge in [0.15, 0.2) is 0 Å². The summed E-state index contributed by atoms with van der Waals surface area (Å²) in [6.45, 7) is 10.5. The number of aliphatic hydroxyl groups is 1. The predicted octanol–water partition coefficient (Wildman–Crippen LogP) is 4.24. The maximum absolute atomic E-state index is 9.85. The van der Waals surface area contributed by atoms with Gasteiger partial charge in [0.1, 0.15) is 5.75 Å². The Labute approximate surface area is 118 Å². The van der Waals surface area contributed by atoms with Crippen molar-refractivity contribution in [2.75, 3.05) is 6.61 Å². The Morgan fingerprint density at radius 1 is 1.28 bits per heavy atom. The quantitative estimate of drug-likeness (QED) is 0.880. The molecule has 2 nitrogen and oxygen atoms in total. The third kappa shape index (κ3) is 4.29. The number of benzene rings is 1. The van der Waals surface area contributed by atoms with Crippen molar-refractivity contribution in [3.8, 4) is 5.75 Å². The van der Waals surface area contributed by atoms with Crippen molar-refractivity contribution in [3.63, 3.8) is 0 Å². The first kappa shape index (κ1) is 15.5. The summed E-state index contributed by atoms with van der Waals surface area (Å²) in [5.41, 5.74) is 1.72. The summed E-state index contributed by atoms with van der Waals surface area (Å²) in [5.74, 6) is 1.12. The zero-order valence-corrected chi connectivity index (χ0v) is 13.5. The van der Waals surface area contributed by atoms with Crippen LogP contribution in [0.25, 0.3) is 0 Å². The van der Waals surface area contributed by atoms with E-state index < -0.39 is 5.60 Å².